The molecule has 0 aliphatic heterocycles. The summed E-state index contributed by atoms with van der Waals surface area (Å²) in [4.78, 5) is -0.592. The van der Waals surface area contributed by atoms with Gasteiger partial charge in [0.2, 0.25) is 0 Å². The highest BCUT2D eigenvalue weighted by Gasteiger charge is 2.20. The van der Waals surface area contributed by atoms with Gasteiger partial charge in [-0.05, 0) is 155 Å². The maximum absolute atomic E-state index is 11.6. The molecule has 11 rings (SSSR count). The number of nitrogens with two attached hydrogens (primary N) is 5. The number of benzene rings is 11. The number of hydrogen-bond donors (Lipinski definition) is 11. The van der Waals surface area contributed by atoms with Gasteiger partial charge in [0.25, 0.3) is 40.5 Å². The molecule has 0 spiro atoms. The van der Waals surface area contributed by atoms with Gasteiger partial charge in [0, 0.05) is 73.0 Å². The second kappa shape index (κ2) is 30.7. The van der Waals surface area contributed by atoms with Crippen LogP contribution in [-0.4, -0.2) is 81.2 Å². The normalized spacial score (nSPS) is 12.1. The molecule has 0 fully saturated rings. The van der Waals surface area contributed by atoms with Gasteiger partial charge in [-0.2, -0.15) is 43.9 Å². The summed E-state index contributed by atoms with van der Waals surface area (Å²) in [5.41, 5.74) is 33.3. The minimum Gasteiger partial charge on any atom is -0.399 e. The van der Waals surface area contributed by atoms with E-state index < -0.39 is 69.9 Å². The summed E-state index contributed by atoms with van der Waals surface area (Å²) >= 11 is 0. The topological polar surface area (TPSA) is 456 Å². The number of para-hydroxylation sites is 1. The van der Waals surface area contributed by atoms with Crippen molar-refractivity contribution in [3.8, 4) is 0 Å². The molecular formula is C63H68N8O16S6. The number of nitrogens with one attached hydrogen (secondary N) is 1. The van der Waals surface area contributed by atoms with Gasteiger partial charge in [-0.3, -0.25) is 18.2 Å². The van der Waals surface area contributed by atoms with Crippen molar-refractivity contribution >= 4 is 160 Å². The molecule has 11 aromatic carbocycles. The Kier molecular flexibility index (Phi) is 25.1. The molecule has 492 valence electrons. The van der Waals surface area contributed by atoms with Gasteiger partial charge >= 0.3 is 0 Å². The maximum Gasteiger partial charge on any atom is 0.295 e. The average Bonchev–Trinajstić information content (AvgIpc) is 0.791. The fourth-order valence-corrected chi connectivity index (χ4v) is 12.3. The monoisotopic (exact) mass is 1380 g/mol. The van der Waals surface area contributed by atoms with Crippen molar-refractivity contribution < 1.29 is 69.1 Å². The average molecular weight is 1390 g/mol. The second-order valence-electron chi connectivity index (χ2n) is 19.3. The minimum atomic E-state index is -4.49. The van der Waals surface area contributed by atoms with E-state index >= 15 is 0 Å². The Hall–Kier alpha value is -9.57. The summed E-state index contributed by atoms with van der Waals surface area (Å²) in [6.45, 7) is 0. The molecule has 1 atom stereocenters. The smallest absolute Gasteiger partial charge is 0.295 e. The predicted molar refractivity (Wildman–Crippen MR) is 373 cm³/mol. The largest absolute Gasteiger partial charge is 0.399 e. The number of hydrogen-bond acceptors (Lipinski definition) is 19. The summed E-state index contributed by atoms with van der Waals surface area (Å²) in [5.74, 6) is 3.19. The fraction of sp³-hybridized carbons (Fsp3) is 0.0635. The molecule has 93 heavy (non-hydrogen) atoms. The highest BCUT2D eigenvalue weighted by Crippen LogP contribution is 2.34. The SMILES string of the molecule is C.C.C.C=S(=O)(O)c1ccc(N=Nc2ccc(N)cc2)cc1.CS(=O)(=O)c1ccc2c(N)ccc(N)c2c1.Nc1cc(S(=O)(=O)O)cc2cccc(S(=O)(=O)O)c12.Nc1cccc2cc(S(=O)(=O)O)ccc12.O=S(=O)(O)c1cccc2cccc(Nc3ccccc3)c12. The van der Waals surface area contributed by atoms with Gasteiger partial charge in [-0.25, -0.2) is 12.6 Å². The van der Waals surface area contributed by atoms with Gasteiger partial charge in [0.05, 0.1) is 31.0 Å². The first-order valence-electron chi connectivity index (χ1n) is 25.6. The van der Waals surface area contributed by atoms with Gasteiger partial charge in [0.1, 0.15) is 19.6 Å². The minimum absolute atomic E-state index is 0. The molecule has 0 amide bonds. The Morgan fingerprint density at radius 1 is 0.366 bits per heavy atom. The van der Waals surface area contributed by atoms with E-state index in [0.29, 0.717) is 56.0 Å². The lowest BCUT2D eigenvalue weighted by atomic mass is 10.1. The van der Waals surface area contributed by atoms with Gasteiger partial charge < -0.3 is 38.5 Å². The third kappa shape index (κ3) is 20.2. The molecule has 24 nitrogen and oxygen atoms in total. The summed E-state index contributed by atoms with van der Waals surface area (Å²) < 4.78 is 169. The number of azo groups is 1. The number of sulfone groups is 1. The lowest BCUT2D eigenvalue weighted by molar-refractivity contribution is 0.481. The van der Waals surface area contributed by atoms with Gasteiger partial charge in [0.15, 0.2) is 9.84 Å². The van der Waals surface area contributed by atoms with Crippen LogP contribution < -0.4 is 34.0 Å². The van der Waals surface area contributed by atoms with E-state index in [1.807, 2.05) is 36.4 Å². The Morgan fingerprint density at radius 2 is 0.806 bits per heavy atom. The lowest BCUT2D eigenvalue weighted by Crippen LogP contribution is -2.04. The van der Waals surface area contributed by atoms with Crippen LogP contribution >= 0.6 is 0 Å². The molecule has 0 aliphatic rings. The number of anilines is 7. The van der Waals surface area contributed by atoms with E-state index in [2.05, 4.69) is 21.4 Å². The van der Waals surface area contributed by atoms with Crippen molar-refractivity contribution in [1.29, 1.82) is 0 Å². The molecule has 0 radical (unpaired) electrons. The van der Waals surface area contributed by atoms with E-state index in [-0.39, 0.29) is 58.3 Å². The third-order valence-corrected chi connectivity index (χ3v) is 18.4. The molecular weight excluding hydrogens is 1320 g/mol. The van der Waals surface area contributed by atoms with E-state index in [1.165, 1.54) is 48.5 Å². The number of nitrogens with zero attached hydrogens (tertiary/aromatic N) is 2. The molecule has 30 heteroatoms. The molecule has 0 saturated heterocycles. The fourth-order valence-electron chi connectivity index (χ4n) is 8.50. The van der Waals surface area contributed by atoms with Gasteiger partial charge in [-0.15, -0.1) is 0 Å². The van der Waals surface area contributed by atoms with Crippen LogP contribution in [0.1, 0.15) is 22.3 Å². The number of nitrogen functional groups attached to an aromatic ring is 5. The molecule has 0 heterocycles. The Balaban J connectivity index is 0.000000247. The van der Waals surface area contributed by atoms with Crippen molar-refractivity contribution in [3.63, 3.8) is 0 Å². The predicted octanol–water partition coefficient (Wildman–Crippen LogP) is 13.0. The van der Waals surface area contributed by atoms with E-state index in [9.17, 15) is 55.4 Å². The summed E-state index contributed by atoms with van der Waals surface area (Å²) in [5, 5.41) is 15.5. The molecule has 0 bridgehead atoms. The zero-order valence-corrected chi connectivity index (χ0v) is 51.8. The van der Waals surface area contributed by atoms with Crippen LogP contribution in [0.5, 0.6) is 0 Å². The van der Waals surface area contributed by atoms with Crippen LogP contribution in [-0.2, 0) is 60.1 Å². The summed E-state index contributed by atoms with van der Waals surface area (Å²) in [6.07, 6.45) is 1.16. The molecule has 1 unspecified atom stereocenters. The van der Waals surface area contributed by atoms with Crippen LogP contribution in [0.3, 0.4) is 0 Å². The van der Waals surface area contributed by atoms with Crippen LogP contribution in [0.4, 0.5) is 51.2 Å². The zero-order chi connectivity index (χ0) is 66.1. The van der Waals surface area contributed by atoms with Crippen molar-refractivity contribution in [1.82, 2.24) is 0 Å². The quantitative estimate of drug-likeness (QED) is 0.0262. The van der Waals surface area contributed by atoms with Crippen molar-refractivity contribution in [2.45, 2.75) is 51.7 Å². The highest BCUT2D eigenvalue weighted by atomic mass is 32.2. The van der Waals surface area contributed by atoms with E-state index in [1.54, 1.807) is 109 Å². The Morgan fingerprint density at radius 3 is 1.33 bits per heavy atom. The number of rotatable bonds is 10. The second-order valence-corrected chi connectivity index (χ2v) is 28.7. The first kappa shape index (κ1) is 75.9. The number of fused-ring (bicyclic) bond motifs is 4. The Labute approximate surface area is 540 Å². The van der Waals surface area contributed by atoms with Crippen LogP contribution in [0.2, 0.25) is 0 Å². The summed E-state index contributed by atoms with van der Waals surface area (Å²) in [6, 6.07) is 56.4. The third-order valence-electron chi connectivity index (χ3n) is 12.8. The molecule has 16 N–H and O–H groups in total. The molecule has 11 aromatic rings. The van der Waals surface area contributed by atoms with Crippen molar-refractivity contribution in [3.05, 3.63) is 212 Å². The zero-order valence-electron chi connectivity index (χ0n) is 46.9. The molecule has 0 saturated carbocycles. The van der Waals surface area contributed by atoms with Crippen LogP contribution in [0, 0.1) is 0 Å². The van der Waals surface area contributed by atoms with Crippen LogP contribution in [0.15, 0.2) is 252 Å². The summed E-state index contributed by atoms with van der Waals surface area (Å²) in [7, 11) is -23.8. The van der Waals surface area contributed by atoms with Gasteiger partial charge in [-0.1, -0.05) is 101 Å². The highest BCUT2D eigenvalue weighted by molar-refractivity contribution is 7.95. The lowest BCUT2D eigenvalue weighted by Gasteiger charge is -2.12. The van der Waals surface area contributed by atoms with E-state index in [4.69, 9.17) is 42.3 Å². The maximum atomic E-state index is 11.6. The Bertz CT molecular complexity index is 5260. The molecule has 0 aromatic heterocycles. The molecule has 0 aliphatic carbocycles. The first-order chi connectivity index (χ1) is 42.0. The van der Waals surface area contributed by atoms with Crippen molar-refractivity contribution in [2.24, 2.45) is 10.2 Å². The van der Waals surface area contributed by atoms with Crippen LogP contribution in [0.25, 0.3) is 43.1 Å². The van der Waals surface area contributed by atoms with E-state index in [0.717, 1.165) is 46.3 Å². The first-order valence-corrected chi connectivity index (χ1v) is 34.9. The van der Waals surface area contributed by atoms with Crippen molar-refractivity contribution in [2.75, 3.05) is 40.2 Å². The standard InChI is InChI=1S/C16H13NO3S.C13H13N3O2S.C11H12N2O2S.C10H9NO6S2.C10H9NO3S.3CH4/c18-21(19,20)15-11-5-7-12-6-4-10-14(16(12)15)17-13-8-2-1-3-9-13;1-19(17,18)13-8-6-12(7-9-13)16-15-11-4-2-10(14)3-5-11;1-16(14,15)7-2-3-8-9(6-7)11(13)5-4-10(8)12;11-8-5-7(18(12,13)14)4-6-2-1-3-9(10(6)8)19(15,16)17;11-10-3-1-2-7-6-8(15(12,13)14)4-5-9(7)10;;;/h1-11,17H,(H,18,19,20);2-9H,1,14H2,(H,17,18);2-6H,12-13H2,1H3;1-5H,11H2,(H,12,13,14)(H,15,16,17);1-6H,11H2,(H,12,13,14);3*1H4.